The molecule has 64 valence electrons. The van der Waals surface area contributed by atoms with Gasteiger partial charge in [-0.05, 0) is 24.6 Å². The summed E-state index contributed by atoms with van der Waals surface area (Å²) in [6.07, 6.45) is 0.256. The molecular formula is C11H8ClN. The number of hydrogen-bond donors (Lipinski definition) is 0. The number of nitriles is 1. The van der Waals surface area contributed by atoms with Gasteiger partial charge in [0.05, 0.1) is 12.5 Å². The van der Waals surface area contributed by atoms with Crippen LogP contribution in [0.15, 0.2) is 18.2 Å². The first-order chi connectivity index (χ1) is 6.25. The Bertz CT molecular complexity index is 404. The molecular weight excluding hydrogens is 182 g/mol. The van der Waals surface area contributed by atoms with E-state index in [1.165, 1.54) is 0 Å². The van der Waals surface area contributed by atoms with E-state index >= 15 is 0 Å². The number of rotatable bonds is 0. The van der Waals surface area contributed by atoms with Gasteiger partial charge in [0.15, 0.2) is 0 Å². The molecule has 1 rings (SSSR count). The fourth-order valence-corrected chi connectivity index (χ4v) is 1.10. The van der Waals surface area contributed by atoms with Crippen molar-refractivity contribution in [1.29, 1.82) is 5.26 Å². The normalized spacial score (nSPS) is 8.38. The van der Waals surface area contributed by atoms with Gasteiger partial charge in [-0.15, -0.1) is 0 Å². The summed E-state index contributed by atoms with van der Waals surface area (Å²) >= 11 is 5.89. The van der Waals surface area contributed by atoms with E-state index in [1.807, 2.05) is 31.2 Å². The van der Waals surface area contributed by atoms with Crippen LogP contribution < -0.4 is 0 Å². The number of halogens is 1. The molecule has 0 amide bonds. The van der Waals surface area contributed by atoms with Crippen LogP contribution in [0.4, 0.5) is 0 Å². The molecule has 0 saturated heterocycles. The van der Waals surface area contributed by atoms with Crippen molar-refractivity contribution in [2.45, 2.75) is 13.3 Å². The largest absolute Gasteiger partial charge is 0.197 e. The fraction of sp³-hybridized carbons (Fsp3) is 0.182. The minimum absolute atomic E-state index is 0.256. The molecule has 0 N–H and O–H groups in total. The van der Waals surface area contributed by atoms with E-state index in [0.717, 1.165) is 11.1 Å². The lowest BCUT2D eigenvalue weighted by Crippen LogP contribution is -1.82. The van der Waals surface area contributed by atoms with Crippen LogP contribution in [0.5, 0.6) is 0 Å². The zero-order valence-corrected chi connectivity index (χ0v) is 8.02. The van der Waals surface area contributed by atoms with Gasteiger partial charge < -0.3 is 0 Å². The number of nitrogens with zero attached hydrogens (tertiary/aromatic N) is 1. The molecule has 0 aliphatic carbocycles. The summed E-state index contributed by atoms with van der Waals surface area (Å²) in [7, 11) is 0. The number of hydrogen-bond acceptors (Lipinski definition) is 1. The molecule has 0 bridgehead atoms. The van der Waals surface area contributed by atoms with Crippen LogP contribution in [0.2, 0.25) is 5.02 Å². The topological polar surface area (TPSA) is 23.8 Å². The summed E-state index contributed by atoms with van der Waals surface area (Å²) < 4.78 is 0. The molecule has 1 aromatic carbocycles. The van der Waals surface area contributed by atoms with E-state index < -0.39 is 0 Å². The third-order valence-electron chi connectivity index (χ3n) is 1.66. The van der Waals surface area contributed by atoms with Crippen LogP contribution in [0, 0.1) is 30.1 Å². The molecule has 2 heteroatoms. The monoisotopic (exact) mass is 189 g/mol. The molecule has 0 atom stereocenters. The first-order valence-corrected chi connectivity index (χ1v) is 4.24. The molecule has 0 aromatic heterocycles. The second-order valence-corrected chi connectivity index (χ2v) is 2.96. The molecule has 0 aliphatic rings. The molecule has 13 heavy (non-hydrogen) atoms. The molecule has 0 radical (unpaired) electrons. The minimum Gasteiger partial charge on any atom is -0.197 e. The Balaban J connectivity index is 2.99. The average molecular weight is 190 g/mol. The van der Waals surface area contributed by atoms with Crippen molar-refractivity contribution < 1.29 is 0 Å². The van der Waals surface area contributed by atoms with E-state index in [4.69, 9.17) is 16.9 Å². The smallest absolute Gasteiger partial charge is 0.0966 e. The minimum atomic E-state index is 0.256. The first kappa shape index (κ1) is 9.65. The van der Waals surface area contributed by atoms with Gasteiger partial charge in [-0.1, -0.05) is 29.5 Å². The second kappa shape index (κ2) is 4.55. The van der Waals surface area contributed by atoms with Gasteiger partial charge in [-0.3, -0.25) is 0 Å². The van der Waals surface area contributed by atoms with Crippen molar-refractivity contribution in [1.82, 2.24) is 0 Å². The van der Waals surface area contributed by atoms with Crippen molar-refractivity contribution in [3.05, 3.63) is 34.3 Å². The van der Waals surface area contributed by atoms with Crippen molar-refractivity contribution in [2.75, 3.05) is 0 Å². The molecule has 0 fully saturated rings. The summed E-state index contributed by atoms with van der Waals surface area (Å²) in [6.45, 7) is 1.92. The Labute approximate surface area is 83.0 Å². The van der Waals surface area contributed by atoms with E-state index in [1.54, 1.807) is 0 Å². The van der Waals surface area contributed by atoms with E-state index in [0.29, 0.717) is 5.02 Å². The number of benzene rings is 1. The van der Waals surface area contributed by atoms with E-state index in [2.05, 4.69) is 11.8 Å². The van der Waals surface area contributed by atoms with Gasteiger partial charge in [0.2, 0.25) is 0 Å². The van der Waals surface area contributed by atoms with Crippen molar-refractivity contribution in [3.63, 3.8) is 0 Å². The van der Waals surface area contributed by atoms with Gasteiger partial charge in [0.25, 0.3) is 0 Å². The second-order valence-electron chi connectivity index (χ2n) is 2.55. The van der Waals surface area contributed by atoms with Gasteiger partial charge in [0, 0.05) is 10.6 Å². The fourth-order valence-electron chi connectivity index (χ4n) is 0.922. The van der Waals surface area contributed by atoms with Gasteiger partial charge in [-0.2, -0.15) is 5.26 Å². The molecule has 1 aromatic rings. The molecule has 1 nitrogen and oxygen atoms in total. The highest BCUT2D eigenvalue weighted by atomic mass is 35.5. The highest BCUT2D eigenvalue weighted by Crippen LogP contribution is 2.17. The average Bonchev–Trinajstić information content (AvgIpc) is 2.13. The lowest BCUT2D eigenvalue weighted by Gasteiger charge is -1.98. The lowest BCUT2D eigenvalue weighted by molar-refractivity contribution is 1.39. The Kier molecular flexibility index (Phi) is 3.38. The molecule has 0 spiro atoms. The zero-order chi connectivity index (χ0) is 9.68. The Morgan fingerprint density at radius 1 is 1.46 bits per heavy atom. The maximum atomic E-state index is 8.29. The predicted octanol–water partition coefficient (Wildman–Crippen LogP) is 2.91. The van der Waals surface area contributed by atoms with Crippen LogP contribution in [0.1, 0.15) is 17.5 Å². The standard InChI is InChI=1S/C11H8ClN/c1-9-10(5-2-3-8-13)6-4-7-11(9)12/h4,6-7H,3H2,1H3. The highest BCUT2D eigenvalue weighted by Gasteiger charge is 1.97. The van der Waals surface area contributed by atoms with E-state index in [9.17, 15) is 0 Å². The van der Waals surface area contributed by atoms with Crippen LogP contribution >= 0.6 is 11.6 Å². The zero-order valence-electron chi connectivity index (χ0n) is 7.26. The van der Waals surface area contributed by atoms with Crippen molar-refractivity contribution in [3.8, 4) is 17.9 Å². The Hall–Kier alpha value is -1.44. The summed E-state index contributed by atoms with van der Waals surface area (Å²) in [4.78, 5) is 0. The molecule has 0 heterocycles. The Morgan fingerprint density at radius 3 is 2.92 bits per heavy atom. The van der Waals surface area contributed by atoms with Crippen molar-refractivity contribution >= 4 is 11.6 Å². The van der Waals surface area contributed by atoms with Gasteiger partial charge in [0.1, 0.15) is 0 Å². The predicted molar refractivity (Wildman–Crippen MR) is 53.3 cm³/mol. The van der Waals surface area contributed by atoms with Crippen LogP contribution in [-0.2, 0) is 0 Å². The Morgan fingerprint density at radius 2 is 2.23 bits per heavy atom. The summed E-state index contributed by atoms with van der Waals surface area (Å²) in [6, 6.07) is 7.54. The maximum absolute atomic E-state index is 8.29. The summed E-state index contributed by atoms with van der Waals surface area (Å²) in [5.74, 6) is 5.65. The summed E-state index contributed by atoms with van der Waals surface area (Å²) in [5.41, 5.74) is 1.86. The SMILES string of the molecule is Cc1c(Cl)cccc1C#CCC#N. The lowest BCUT2D eigenvalue weighted by atomic mass is 10.1. The third kappa shape index (κ3) is 2.51. The highest BCUT2D eigenvalue weighted by molar-refractivity contribution is 6.31. The van der Waals surface area contributed by atoms with Crippen LogP contribution in [0.3, 0.4) is 0 Å². The van der Waals surface area contributed by atoms with Crippen LogP contribution in [-0.4, -0.2) is 0 Å². The van der Waals surface area contributed by atoms with E-state index in [-0.39, 0.29) is 6.42 Å². The molecule has 0 saturated carbocycles. The summed E-state index contributed by atoms with van der Waals surface area (Å²) in [5, 5.41) is 9.00. The van der Waals surface area contributed by atoms with Gasteiger partial charge >= 0.3 is 0 Å². The van der Waals surface area contributed by atoms with Crippen LogP contribution in [0.25, 0.3) is 0 Å². The third-order valence-corrected chi connectivity index (χ3v) is 2.07. The van der Waals surface area contributed by atoms with Crippen molar-refractivity contribution in [2.24, 2.45) is 0 Å². The molecule has 0 unspecified atom stereocenters. The quantitative estimate of drug-likeness (QED) is 0.576. The first-order valence-electron chi connectivity index (χ1n) is 3.86. The van der Waals surface area contributed by atoms with Gasteiger partial charge in [-0.25, -0.2) is 0 Å². The maximum Gasteiger partial charge on any atom is 0.0966 e. The molecule has 0 aliphatic heterocycles.